The number of rotatable bonds is 5. The third-order valence-electron chi connectivity index (χ3n) is 3.08. The van der Waals surface area contributed by atoms with Crippen LogP contribution in [0, 0.1) is 6.92 Å². The smallest absolute Gasteiger partial charge is 0.339 e. The summed E-state index contributed by atoms with van der Waals surface area (Å²) < 4.78 is 12.7. The van der Waals surface area contributed by atoms with Gasteiger partial charge in [0.2, 0.25) is 0 Å². The largest absolute Gasteiger partial charge is 0.478 e. The van der Waals surface area contributed by atoms with E-state index in [1.807, 2.05) is 0 Å². The third-order valence-corrected chi connectivity index (χ3v) is 3.08. The highest BCUT2D eigenvalue weighted by Gasteiger charge is 2.15. The molecule has 2 rings (SSSR count). The fourth-order valence-electron chi connectivity index (χ4n) is 2.00. The number of ether oxygens (including phenoxy) is 2. The zero-order valence-corrected chi connectivity index (χ0v) is 10.5. The fourth-order valence-corrected chi connectivity index (χ4v) is 2.00. The van der Waals surface area contributed by atoms with Crippen molar-refractivity contribution in [1.82, 2.24) is 9.78 Å². The molecule has 0 aliphatic carbocycles. The van der Waals surface area contributed by atoms with E-state index in [-0.39, 0.29) is 11.9 Å². The molecular weight excluding hydrogens is 236 g/mol. The maximum absolute atomic E-state index is 10.9. The Labute approximate surface area is 106 Å². The van der Waals surface area contributed by atoms with Gasteiger partial charge < -0.3 is 14.6 Å². The van der Waals surface area contributed by atoms with Crippen LogP contribution in [0.4, 0.5) is 0 Å². The van der Waals surface area contributed by atoms with Crippen molar-refractivity contribution in [2.45, 2.75) is 39.0 Å². The minimum absolute atomic E-state index is 0.117. The Morgan fingerprint density at radius 2 is 2.50 bits per heavy atom. The summed E-state index contributed by atoms with van der Waals surface area (Å²) in [6.45, 7) is 3.52. The van der Waals surface area contributed by atoms with Crippen LogP contribution in [-0.2, 0) is 16.0 Å². The van der Waals surface area contributed by atoms with Gasteiger partial charge in [0.05, 0.1) is 19.3 Å². The van der Waals surface area contributed by atoms with Gasteiger partial charge in [-0.3, -0.25) is 4.68 Å². The van der Waals surface area contributed by atoms with E-state index in [9.17, 15) is 4.79 Å². The lowest BCUT2D eigenvalue weighted by Crippen LogP contribution is -2.24. The molecule has 0 bridgehead atoms. The Hall–Kier alpha value is -1.40. The summed E-state index contributed by atoms with van der Waals surface area (Å²) in [5.41, 5.74) is 0.888. The van der Waals surface area contributed by atoms with Gasteiger partial charge in [-0.15, -0.1) is 0 Å². The number of aromatic carboxylic acids is 1. The molecule has 18 heavy (non-hydrogen) atoms. The molecule has 2 heterocycles. The van der Waals surface area contributed by atoms with Crippen LogP contribution in [-0.4, -0.2) is 40.4 Å². The standard InChI is InChI=1S/C12H18N2O4/c1-9-10(12(15)16)8-13-14(9)5-7-18-11-4-2-3-6-17-11/h8,11H,2-7H2,1H3,(H,15,16)/t11-/m1/s1. The predicted octanol–water partition coefficient (Wildman–Crippen LogP) is 1.43. The number of nitrogens with zero attached hydrogens (tertiary/aromatic N) is 2. The second kappa shape index (κ2) is 5.97. The van der Waals surface area contributed by atoms with Crippen LogP contribution in [0.5, 0.6) is 0 Å². The molecule has 1 aromatic heterocycles. The molecule has 100 valence electrons. The first kappa shape index (κ1) is 13.0. The SMILES string of the molecule is Cc1c(C(=O)O)cnn1CCO[C@@H]1CCCCO1. The van der Waals surface area contributed by atoms with E-state index >= 15 is 0 Å². The Morgan fingerprint density at radius 1 is 1.67 bits per heavy atom. The van der Waals surface area contributed by atoms with Gasteiger partial charge in [0.15, 0.2) is 6.29 Å². The van der Waals surface area contributed by atoms with Crippen LogP contribution in [0.3, 0.4) is 0 Å². The number of carboxylic acids is 1. The summed E-state index contributed by atoms with van der Waals surface area (Å²) in [6.07, 6.45) is 4.41. The summed E-state index contributed by atoms with van der Waals surface area (Å²) in [4.78, 5) is 10.9. The lowest BCUT2D eigenvalue weighted by atomic mass is 10.2. The minimum atomic E-state index is -0.949. The van der Waals surface area contributed by atoms with Gasteiger partial charge in [0.1, 0.15) is 5.56 Å². The molecule has 0 amide bonds. The summed E-state index contributed by atoms with van der Waals surface area (Å²) in [6, 6.07) is 0. The van der Waals surface area contributed by atoms with Gasteiger partial charge in [0, 0.05) is 12.3 Å². The summed E-state index contributed by atoms with van der Waals surface area (Å²) in [5.74, 6) is -0.949. The first-order valence-electron chi connectivity index (χ1n) is 6.17. The number of hydrogen-bond acceptors (Lipinski definition) is 4. The average molecular weight is 254 g/mol. The van der Waals surface area contributed by atoms with Crippen LogP contribution >= 0.6 is 0 Å². The fraction of sp³-hybridized carbons (Fsp3) is 0.667. The molecule has 1 aliphatic heterocycles. The molecule has 1 N–H and O–H groups in total. The Balaban J connectivity index is 1.81. The van der Waals surface area contributed by atoms with Crippen molar-refractivity contribution in [3.63, 3.8) is 0 Å². The third kappa shape index (κ3) is 3.08. The molecule has 6 nitrogen and oxygen atoms in total. The first-order chi connectivity index (χ1) is 8.68. The van der Waals surface area contributed by atoms with E-state index in [1.165, 1.54) is 6.20 Å². The lowest BCUT2D eigenvalue weighted by molar-refractivity contribution is -0.163. The Kier molecular flexibility index (Phi) is 4.33. The van der Waals surface area contributed by atoms with Crippen molar-refractivity contribution in [1.29, 1.82) is 0 Å². The van der Waals surface area contributed by atoms with Gasteiger partial charge in [-0.1, -0.05) is 0 Å². The summed E-state index contributed by atoms with van der Waals surface area (Å²) in [7, 11) is 0. The summed E-state index contributed by atoms with van der Waals surface area (Å²) in [5, 5.41) is 12.9. The second-order valence-electron chi connectivity index (χ2n) is 4.34. The zero-order valence-electron chi connectivity index (χ0n) is 10.5. The number of carbonyl (C=O) groups is 1. The van der Waals surface area contributed by atoms with Crippen molar-refractivity contribution in [2.24, 2.45) is 0 Å². The highest BCUT2D eigenvalue weighted by atomic mass is 16.7. The molecular formula is C12H18N2O4. The summed E-state index contributed by atoms with van der Waals surface area (Å²) >= 11 is 0. The van der Waals surface area contributed by atoms with Crippen molar-refractivity contribution in [3.8, 4) is 0 Å². The number of aromatic nitrogens is 2. The number of hydrogen-bond donors (Lipinski definition) is 1. The van der Waals surface area contributed by atoms with Gasteiger partial charge in [-0.25, -0.2) is 4.79 Å². The number of carboxylic acid groups (broad SMARTS) is 1. The van der Waals surface area contributed by atoms with Gasteiger partial charge in [0.25, 0.3) is 0 Å². The molecule has 0 radical (unpaired) electrons. The second-order valence-corrected chi connectivity index (χ2v) is 4.34. The predicted molar refractivity (Wildman–Crippen MR) is 63.5 cm³/mol. The molecule has 6 heteroatoms. The molecule has 0 aromatic carbocycles. The van der Waals surface area contributed by atoms with E-state index < -0.39 is 5.97 Å². The molecule has 1 atom stereocenters. The van der Waals surface area contributed by atoms with Crippen LogP contribution < -0.4 is 0 Å². The van der Waals surface area contributed by atoms with Crippen molar-refractivity contribution in [2.75, 3.05) is 13.2 Å². The molecule has 1 aliphatic rings. The quantitative estimate of drug-likeness (QED) is 0.860. The maximum Gasteiger partial charge on any atom is 0.339 e. The van der Waals surface area contributed by atoms with Gasteiger partial charge >= 0.3 is 5.97 Å². The molecule has 0 spiro atoms. The first-order valence-corrected chi connectivity index (χ1v) is 6.17. The van der Waals surface area contributed by atoms with Crippen molar-refractivity contribution >= 4 is 5.97 Å². The Morgan fingerprint density at radius 3 is 3.11 bits per heavy atom. The molecule has 1 saturated heterocycles. The zero-order chi connectivity index (χ0) is 13.0. The van der Waals surface area contributed by atoms with Crippen LogP contribution in [0.15, 0.2) is 6.20 Å². The van der Waals surface area contributed by atoms with Gasteiger partial charge in [-0.2, -0.15) is 5.10 Å². The van der Waals surface area contributed by atoms with Crippen molar-refractivity contribution in [3.05, 3.63) is 17.5 Å². The van der Waals surface area contributed by atoms with Crippen LogP contribution in [0.2, 0.25) is 0 Å². The molecule has 0 saturated carbocycles. The normalized spacial score (nSPS) is 19.9. The van der Waals surface area contributed by atoms with E-state index in [2.05, 4.69) is 5.10 Å². The molecule has 0 unspecified atom stereocenters. The van der Waals surface area contributed by atoms with Gasteiger partial charge in [-0.05, 0) is 26.2 Å². The van der Waals surface area contributed by atoms with E-state index in [4.69, 9.17) is 14.6 Å². The van der Waals surface area contributed by atoms with Crippen molar-refractivity contribution < 1.29 is 19.4 Å². The Bertz CT molecular complexity index is 410. The van der Waals surface area contributed by atoms with E-state index in [0.717, 1.165) is 25.9 Å². The highest BCUT2D eigenvalue weighted by molar-refractivity contribution is 5.88. The minimum Gasteiger partial charge on any atom is -0.478 e. The maximum atomic E-state index is 10.9. The van der Waals surface area contributed by atoms with E-state index in [0.29, 0.717) is 18.8 Å². The van der Waals surface area contributed by atoms with Crippen LogP contribution in [0.1, 0.15) is 35.3 Å². The average Bonchev–Trinajstić information content (AvgIpc) is 2.73. The monoisotopic (exact) mass is 254 g/mol. The molecule has 1 fully saturated rings. The van der Waals surface area contributed by atoms with Crippen LogP contribution in [0.25, 0.3) is 0 Å². The lowest BCUT2D eigenvalue weighted by Gasteiger charge is -2.22. The molecule has 1 aromatic rings. The highest BCUT2D eigenvalue weighted by Crippen LogP contribution is 2.14. The van der Waals surface area contributed by atoms with E-state index in [1.54, 1.807) is 11.6 Å². The topological polar surface area (TPSA) is 73.6 Å².